The Kier molecular flexibility index (Phi) is 41.9. The Morgan fingerprint density at radius 1 is 0.485 bits per heavy atom. The minimum absolute atomic E-state index is 0.0885. The van der Waals surface area contributed by atoms with Gasteiger partial charge in [0.05, 0.1) is 13.2 Å². The van der Waals surface area contributed by atoms with E-state index in [9.17, 15) is 39.8 Å². The van der Waals surface area contributed by atoms with Gasteiger partial charge in [0.15, 0.2) is 0 Å². The van der Waals surface area contributed by atoms with Gasteiger partial charge in [-0.05, 0) is 83.5 Å². The molecule has 68 heavy (non-hydrogen) atoms. The molecule has 394 valence electrons. The molecule has 0 aliphatic heterocycles. The van der Waals surface area contributed by atoms with Gasteiger partial charge < -0.3 is 39.9 Å². The van der Waals surface area contributed by atoms with Gasteiger partial charge in [0.1, 0.15) is 42.7 Å². The van der Waals surface area contributed by atoms with Crippen LogP contribution in [0.3, 0.4) is 0 Å². The summed E-state index contributed by atoms with van der Waals surface area (Å²) < 4.78 is 34.3. The van der Waals surface area contributed by atoms with E-state index in [0.29, 0.717) is 13.0 Å². The van der Waals surface area contributed by atoms with Crippen LogP contribution in [-0.4, -0.2) is 98.9 Å². The van der Waals surface area contributed by atoms with E-state index in [1.807, 2.05) is 0 Å². The maximum absolute atomic E-state index is 12.9. The minimum Gasteiger partial charge on any atom is -0.457 e. The van der Waals surface area contributed by atoms with Crippen molar-refractivity contribution in [3.63, 3.8) is 0 Å². The number of hydrogen-bond donors (Lipinski definition) is 6. The van der Waals surface area contributed by atoms with E-state index in [4.69, 9.17) is 18.5 Å². The van der Waals surface area contributed by atoms with Crippen molar-refractivity contribution in [2.45, 2.75) is 249 Å². The number of unbranched alkanes of at least 4 members (excludes halogenated alkanes) is 21. The van der Waals surface area contributed by atoms with Crippen LogP contribution in [0, 0.1) is 0 Å². The quantitative estimate of drug-likeness (QED) is 0.0147. The molecule has 0 aromatic heterocycles. The number of carbonyl (C=O) groups excluding carboxylic acids is 1. The van der Waals surface area contributed by atoms with Crippen molar-refractivity contribution in [2.75, 3.05) is 19.8 Å². The lowest BCUT2D eigenvalue weighted by Gasteiger charge is -2.41. The van der Waals surface area contributed by atoms with Crippen molar-refractivity contribution in [1.82, 2.24) is 0 Å². The third-order valence-electron chi connectivity index (χ3n) is 12.1. The second-order valence-electron chi connectivity index (χ2n) is 18.3. The molecule has 1 aliphatic carbocycles. The molecule has 0 aromatic rings. The number of phosphoric acid groups is 1. The minimum atomic E-state index is -5.03. The van der Waals surface area contributed by atoms with Crippen LogP contribution in [0.4, 0.5) is 0 Å². The zero-order valence-electron chi connectivity index (χ0n) is 42.4. The Bertz CT molecular complexity index is 1400. The number of ether oxygens (including phenoxy) is 2. The normalized spacial score (nSPS) is 21.7. The molecule has 6 atom stereocenters. The molecule has 1 rings (SSSR count). The number of allylic oxidation sites excluding steroid dienone is 12. The molecule has 0 amide bonds. The Hall–Kier alpha value is -2.22. The number of esters is 1. The third-order valence-corrected chi connectivity index (χ3v) is 13.0. The summed E-state index contributed by atoms with van der Waals surface area (Å²) in [5.41, 5.74) is 0. The van der Waals surface area contributed by atoms with Crippen LogP contribution < -0.4 is 0 Å². The Morgan fingerprint density at radius 2 is 0.868 bits per heavy atom. The summed E-state index contributed by atoms with van der Waals surface area (Å²) >= 11 is 0. The van der Waals surface area contributed by atoms with Crippen molar-refractivity contribution in [2.24, 2.45) is 0 Å². The van der Waals surface area contributed by atoms with Gasteiger partial charge in [0.2, 0.25) is 0 Å². The van der Waals surface area contributed by atoms with Gasteiger partial charge in [-0.3, -0.25) is 13.8 Å². The fourth-order valence-electron chi connectivity index (χ4n) is 7.85. The first-order chi connectivity index (χ1) is 33.0. The zero-order valence-corrected chi connectivity index (χ0v) is 43.3. The molecular weight excluding hydrogens is 884 g/mol. The molecule has 0 bridgehead atoms. The molecule has 0 saturated heterocycles. The van der Waals surface area contributed by atoms with Crippen molar-refractivity contribution >= 4 is 13.8 Å². The van der Waals surface area contributed by atoms with Gasteiger partial charge in [-0.2, -0.15) is 0 Å². The van der Waals surface area contributed by atoms with Crippen molar-refractivity contribution in [1.29, 1.82) is 0 Å². The first kappa shape index (κ1) is 63.8. The van der Waals surface area contributed by atoms with E-state index in [1.165, 1.54) is 96.3 Å². The third kappa shape index (κ3) is 35.8. The predicted molar refractivity (Wildman–Crippen MR) is 276 cm³/mol. The molecule has 1 saturated carbocycles. The van der Waals surface area contributed by atoms with Crippen LogP contribution in [-0.2, 0) is 27.9 Å². The number of aliphatic hydroxyl groups excluding tert-OH is 5. The van der Waals surface area contributed by atoms with Crippen molar-refractivity contribution in [3.05, 3.63) is 72.9 Å². The number of phosphoric ester groups is 1. The summed E-state index contributed by atoms with van der Waals surface area (Å²) in [4.78, 5) is 23.3. The summed E-state index contributed by atoms with van der Waals surface area (Å²) in [6.07, 6.45) is 46.7. The molecule has 13 heteroatoms. The smallest absolute Gasteiger partial charge is 0.457 e. The standard InChI is InChI=1S/C55H97O12P/c1-3-5-7-9-11-13-15-17-19-21-23-25-26-28-30-32-34-36-38-40-42-44-49(56)66-48(47-65-68(62,63)67-55-53(60)51(58)50(57)52(59)54(55)61)46-64-45-43-41-39-37-35-33-31-29-27-24-22-20-18-16-14-12-10-8-6-4-2/h5,7,11,13,17-20,23,25,28,30,48,50-55,57-61H,3-4,6,8-10,12,14-16,21-22,24,26-27,29,31-47H2,1-2H3,(H,62,63)/b7-5-,13-11-,19-17-,20-18-,25-23-,30-28-. The number of hydrogen-bond acceptors (Lipinski definition) is 11. The topological polar surface area (TPSA) is 192 Å². The molecule has 6 N–H and O–H groups in total. The SMILES string of the molecule is CC/C=C\C/C=C\C/C=C\C/C=C\C/C=C\CCCCCCCC(=O)OC(COCCCCCCCCCCCC/C=C\CCCCCCCC)COP(=O)(O)OC1C(O)C(O)C(O)C(O)C1O. The summed E-state index contributed by atoms with van der Waals surface area (Å²) in [6.45, 7) is 4.13. The highest BCUT2D eigenvalue weighted by Gasteiger charge is 2.51. The first-order valence-electron chi connectivity index (χ1n) is 26.8. The second kappa shape index (κ2) is 44.7. The lowest BCUT2D eigenvalue weighted by atomic mass is 9.85. The Labute approximate surface area is 412 Å². The average molecular weight is 981 g/mol. The van der Waals surface area contributed by atoms with E-state index in [2.05, 4.69) is 86.8 Å². The molecule has 0 heterocycles. The number of carbonyl (C=O) groups is 1. The summed E-state index contributed by atoms with van der Waals surface area (Å²) in [5.74, 6) is -0.497. The van der Waals surface area contributed by atoms with E-state index < -0.39 is 63.1 Å². The van der Waals surface area contributed by atoms with Gasteiger partial charge in [-0.1, -0.05) is 189 Å². The predicted octanol–water partition coefficient (Wildman–Crippen LogP) is 12.3. The monoisotopic (exact) mass is 981 g/mol. The number of aliphatic hydroxyl groups is 5. The Balaban J connectivity index is 2.35. The van der Waals surface area contributed by atoms with Crippen LogP contribution in [0.15, 0.2) is 72.9 Å². The van der Waals surface area contributed by atoms with E-state index in [1.54, 1.807) is 0 Å². The van der Waals surface area contributed by atoms with Crippen molar-refractivity contribution < 1.29 is 58.3 Å². The van der Waals surface area contributed by atoms with Gasteiger partial charge in [-0.15, -0.1) is 0 Å². The van der Waals surface area contributed by atoms with Gasteiger partial charge in [0, 0.05) is 13.0 Å². The van der Waals surface area contributed by atoms with E-state index in [-0.39, 0.29) is 13.0 Å². The summed E-state index contributed by atoms with van der Waals surface area (Å²) in [5, 5.41) is 50.4. The van der Waals surface area contributed by atoms with Crippen LogP contribution in [0.25, 0.3) is 0 Å². The molecule has 1 fully saturated rings. The van der Waals surface area contributed by atoms with Crippen molar-refractivity contribution in [3.8, 4) is 0 Å². The number of rotatable bonds is 45. The maximum atomic E-state index is 12.9. The molecule has 12 nitrogen and oxygen atoms in total. The maximum Gasteiger partial charge on any atom is 0.472 e. The molecular formula is C55H97O12P. The molecule has 6 unspecified atom stereocenters. The van der Waals surface area contributed by atoms with Crippen LogP contribution >= 0.6 is 7.82 Å². The van der Waals surface area contributed by atoms with E-state index >= 15 is 0 Å². The highest BCUT2D eigenvalue weighted by molar-refractivity contribution is 7.47. The fraction of sp³-hybridized carbons (Fsp3) is 0.764. The highest BCUT2D eigenvalue weighted by atomic mass is 31.2. The van der Waals surface area contributed by atoms with Crippen LogP contribution in [0.2, 0.25) is 0 Å². The lowest BCUT2D eigenvalue weighted by Crippen LogP contribution is -2.64. The summed E-state index contributed by atoms with van der Waals surface area (Å²) in [7, 11) is -5.03. The van der Waals surface area contributed by atoms with Crippen LogP contribution in [0.1, 0.15) is 206 Å². The second-order valence-corrected chi connectivity index (χ2v) is 19.7. The Morgan fingerprint density at radius 3 is 1.34 bits per heavy atom. The lowest BCUT2D eigenvalue weighted by molar-refractivity contribution is -0.220. The fourth-order valence-corrected chi connectivity index (χ4v) is 8.82. The average Bonchev–Trinajstić information content (AvgIpc) is 3.32. The van der Waals surface area contributed by atoms with E-state index in [0.717, 1.165) is 83.5 Å². The van der Waals surface area contributed by atoms with Crippen LogP contribution in [0.5, 0.6) is 0 Å². The molecule has 0 spiro atoms. The molecule has 1 aliphatic rings. The van der Waals surface area contributed by atoms with Gasteiger partial charge in [0.25, 0.3) is 0 Å². The first-order valence-corrected chi connectivity index (χ1v) is 28.3. The zero-order chi connectivity index (χ0) is 49.8. The van der Waals surface area contributed by atoms with Gasteiger partial charge in [-0.25, -0.2) is 4.57 Å². The molecule has 0 aromatic carbocycles. The van der Waals surface area contributed by atoms with Gasteiger partial charge >= 0.3 is 13.8 Å². The largest absolute Gasteiger partial charge is 0.472 e. The highest BCUT2D eigenvalue weighted by Crippen LogP contribution is 2.47. The molecule has 0 radical (unpaired) electrons. The summed E-state index contributed by atoms with van der Waals surface area (Å²) in [6, 6.07) is 0.